The molecule has 0 aliphatic heterocycles. The van der Waals surface area contributed by atoms with E-state index in [1.54, 1.807) is 12.1 Å². The number of fused-ring (bicyclic) bond motifs is 1. The van der Waals surface area contributed by atoms with E-state index in [-0.39, 0.29) is 23.5 Å². The van der Waals surface area contributed by atoms with Crippen LogP contribution in [0.1, 0.15) is 18.5 Å². The Labute approximate surface area is 178 Å². The zero-order valence-corrected chi connectivity index (χ0v) is 17.2. The summed E-state index contributed by atoms with van der Waals surface area (Å²) >= 11 is 1.36. The van der Waals surface area contributed by atoms with Crippen molar-refractivity contribution in [2.45, 2.75) is 18.0 Å². The van der Waals surface area contributed by atoms with E-state index in [2.05, 4.69) is 15.5 Å². The number of hydrogen-bond acceptors (Lipinski definition) is 4. The number of aromatic nitrogens is 2. The minimum atomic E-state index is -0.293. The fraction of sp³-hybridized carbons (Fsp3) is 0.125. The van der Waals surface area contributed by atoms with Crippen LogP contribution in [0.5, 0.6) is 0 Å². The predicted octanol–water partition coefficient (Wildman–Crippen LogP) is 5.41. The van der Waals surface area contributed by atoms with Gasteiger partial charge >= 0.3 is 0 Å². The van der Waals surface area contributed by atoms with E-state index >= 15 is 0 Å². The Hall–Kier alpha value is -3.25. The van der Waals surface area contributed by atoms with Crippen LogP contribution in [0.25, 0.3) is 22.0 Å². The average molecular weight is 418 g/mol. The lowest BCUT2D eigenvalue weighted by atomic mass is 10.1. The van der Waals surface area contributed by atoms with Gasteiger partial charge in [0.2, 0.25) is 5.91 Å². The van der Waals surface area contributed by atoms with Crippen molar-refractivity contribution < 1.29 is 9.18 Å². The number of benzene rings is 3. The predicted molar refractivity (Wildman–Crippen MR) is 119 cm³/mol. The SMILES string of the molecule is C[C@@H](NC(=O)CSc1nnc(-c2ccc(F)cc2)c2ccccc12)c1ccccc1. The first kappa shape index (κ1) is 20.0. The second-order valence-corrected chi connectivity index (χ2v) is 7.86. The molecule has 1 amide bonds. The number of thioether (sulfide) groups is 1. The van der Waals surface area contributed by atoms with Crippen LogP contribution in [-0.4, -0.2) is 21.9 Å². The van der Waals surface area contributed by atoms with Crippen molar-refractivity contribution in [2.24, 2.45) is 0 Å². The number of hydrogen-bond donors (Lipinski definition) is 1. The number of nitrogens with zero attached hydrogens (tertiary/aromatic N) is 2. The number of halogens is 1. The van der Waals surface area contributed by atoms with Crippen LogP contribution in [0.4, 0.5) is 4.39 Å². The zero-order chi connectivity index (χ0) is 20.9. The number of amides is 1. The molecule has 1 heterocycles. The minimum Gasteiger partial charge on any atom is -0.349 e. The van der Waals surface area contributed by atoms with Gasteiger partial charge in [-0.05, 0) is 36.8 Å². The maximum absolute atomic E-state index is 13.3. The highest BCUT2D eigenvalue weighted by atomic mass is 32.2. The molecule has 1 N–H and O–H groups in total. The van der Waals surface area contributed by atoms with Crippen molar-refractivity contribution in [3.8, 4) is 11.3 Å². The first-order chi connectivity index (χ1) is 14.6. The number of carbonyl (C=O) groups excluding carboxylic acids is 1. The summed E-state index contributed by atoms with van der Waals surface area (Å²) in [6, 6.07) is 23.8. The number of carbonyl (C=O) groups is 1. The molecule has 0 radical (unpaired) electrons. The maximum atomic E-state index is 13.3. The molecule has 4 aromatic rings. The third-order valence-corrected chi connectivity index (χ3v) is 5.77. The second kappa shape index (κ2) is 9.05. The summed E-state index contributed by atoms with van der Waals surface area (Å²) in [5, 5.41) is 14.3. The Morgan fingerprint density at radius 2 is 1.60 bits per heavy atom. The van der Waals surface area contributed by atoms with Crippen molar-refractivity contribution in [1.29, 1.82) is 0 Å². The summed E-state index contributed by atoms with van der Waals surface area (Å²) in [5.74, 6) is -0.116. The topological polar surface area (TPSA) is 54.9 Å². The van der Waals surface area contributed by atoms with E-state index < -0.39 is 0 Å². The Morgan fingerprint density at radius 1 is 0.933 bits per heavy atom. The first-order valence-corrected chi connectivity index (χ1v) is 10.6. The maximum Gasteiger partial charge on any atom is 0.230 e. The molecule has 4 rings (SSSR count). The summed E-state index contributed by atoms with van der Waals surface area (Å²) in [6.07, 6.45) is 0. The minimum absolute atomic E-state index is 0.0650. The van der Waals surface area contributed by atoms with Gasteiger partial charge in [-0.25, -0.2) is 4.39 Å². The van der Waals surface area contributed by atoms with Gasteiger partial charge in [-0.2, -0.15) is 0 Å². The fourth-order valence-electron chi connectivity index (χ4n) is 3.25. The molecule has 0 aliphatic carbocycles. The number of rotatable bonds is 6. The van der Waals surface area contributed by atoms with Crippen LogP contribution in [0.15, 0.2) is 83.9 Å². The fourth-order valence-corrected chi connectivity index (χ4v) is 4.03. The number of nitrogens with one attached hydrogen (secondary N) is 1. The van der Waals surface area contributed by atoms with Crippen LogP contribution in [0.2, 0.25) is 0 Å². The monoisotopic (exact) mass is 417 g/mol. The summed E-state index contributed by atoms with van der Waals surface area (Å²) in [5.41, 5.74) is 2.55. The third kappa shape index (κ3) is 4.49. The van der Waals surface area contributed by atoms with Crippen molar-refractivity contribution in [1.82, 2.24) is 15.5 Å². The van der Waals surface area contributed by atoms with Gasteiger partial charge < -0.3 is 5.32 Å². The van der Waals surface area contributed by atoms with Gasteiger partial charge in [-0.1, -0.05) is 66.4 Å². The summed E-state index contributed by atoms with van der Waals surface area (Å²) in [7, 11) is 0. The second-order valence-electron chi connectivity index (χ2n) is 6.89. The molecule has 30 heavy (non-hydrogen) atoms. The van der Waals surface area contributed by atoms with E-state index in [1.807, 2.05) is 61.5 Å². The summed E-state index contributed by atoms with van der Waals surface area (Å²) in [4.78, 5) is 12.4. The molecular weight excluding hydrogens is 397 g/mol. The van der Waals surface area contributed by atoms with E-state index in [4.69, 9.17) is 0 Å². The lowest BCUT2D eigenvalue weighted by molar-refractivity contribution is -0.119. The van der Waals surface area contributed by atoms with E-state index in [0.29, 0.717) is 10.7 Å². The van der Waals surface area contributed by atoms with Crippen molar-refractivity contribution >= 4 is 28.4 Å². The highest BCUT2D eigenvalue weighted by molar-refractivity contribution is 8.00. The molecule has 0 unspecified atom stereocenters. The molecule has 0 spiro atoms. The molecule has 0 fully saturated rings. The highest BCUT2D eigenvalue weighted by Gasteiger charge is 2.14. The van der Waals surface area contributed by atoms with Crippen LogP contribution in [0, 0.1) is 5.82 Å². The van der Waals surface area contributed by atoms with Crippen molar-refractivity contribution in [2.75, 3.05) is 5.75 Å². The van der Waals surface area contributed by atoms with Gasteiger partial charge in [0.05, 0.1) is 11.8 Å². The van der Waals surface area contributed by atoms with Crippen LogP contribution >= 0.6 is 11.8 Å². The van der Waals surface area contributed by atoms with Gasteiger partial charge in [-0.15, -0.1) is 10.2 Å². The molecule has 1 atom stereocenters. The molecule has 6 heteroatoms. The Balaban J connectivity index is 1.52. The summed E-state index contributed by atoms with van der Waals surface area (Å²) in [6.45, 7) is 1.96. The van der Waals surface area contributed by atoms with E-state index in [9.17, 15) is 9.18 Å². The molecule has 0 bridgehead atoms. The lowest BCUT2D eigenvalue weighted by Gasteiger charge is -2.14. The molecule has 3 aromatic carbocycles. The van der Waals surface area contributed by atoms with Gasteiger partial charge in [0.15, 0.2) is 0 Å². The molecule has 150 valence electrons. The van der Waals surface area contributed by atoms with Crippen molar-refractivity contribution in [3.63, 3.8) is 0 Å². The van der Waals surface area contributed by atoms with E-state index in [0.717, 1.165) is 21.9 Å². The van der Waals surface area contributed by atoms with Crippen LogP contribution < -0.4 is 5.32 Å². The highest BCUT2D eigenvalue weighted by Crippen LogP contribution is 2.31. The zero-order valence-electron chi connectivity index (χ0n) is 16.4. The van der Waals surface area contributed by atoms with Gasteiger partial charge in [0.25, 0.3) is 0 Å². The van der Waals surface area contributed by atoms with Gasteiger partial charge in [0, 0.05) is 16.3 Å². The van der Waals surface area contributed by atoms with Gasteiger partial charge in [0.1, 0.15) is 16.5 Å². The Kier molecular flexibility index (Phi) is 6.05. The third-order valence-electron chi connectivity index (χ3n) is 4.79. The standard InChI is InChI=1S/C24H20FN3OS/c1-16(17-7-3-2-4-8-17)26-22(29)15-30-24-21-10-6-5-9-20(21)23(27-28-24)18-11-13-19(25)14-12-18/h2-14,16H,15H2,1H3,(H,26,29)/t16-/m1/s1. The summed E-state index contributed by atoms with van der Waals surface area (Å²) < 4.78 is 13.3. The Bertz CT molecular complexity index is 1170. The van der Waals surface area contributed by atoms with E-state index in [1.165, 1.54) is 23.9 Å². The molecule has 4 nitrogen and oxygen atoms in total. The molecular formula is C24H20FN3OS. The largest absolute Gasteiger partial charge is 0.349 e. The van der Waals surface area contributed by atoms with Crippen LogP contribution in [-0.2, 0) is 4.79 Å². The Morgan fingerprint density at radius 3 is 2.33 bits per heavy atom. The van der Waals surface area contributed by atoms with Gasteiger partial charge in [-0.3, -0.25) is 4.79 Å². The normalized spacial score (nSPS) is 11.9. The molecule has 0 saturated carbocycles. The molecule has 1 aromatic heterocycles. The smallest absolute Gasteiger partial charge is 0.230 e. The molecule has 0 aliphatic rings. The first-order valence-electron chi connectivity index (χ1n) is 9.60. The van der Waals surface area contributed by atoms with Crippen LogP contribution in [0.3, 0.4) is 0 Å². The quantitative estimate of drug-likeness (QED) is 0.427. The molecule has 0 saturated heterocycles. The average Bonchev–Trinajstić information content (AvgIpc) is 2.78. The lowest BCUT2D eigenvalue weighted by Crippen LogP contribution is -2.28. The van der Waals surface area contributed by atoms with Crippen molar-refractivity contribution in [3.05, 3.63) is 90.2 Å².